The standard InChI is InChI=1S/C12H13N3O2S/c1-15(8-5-3-2-4-6-8)12-14-9(7-18-12)10(13)11(16)17/h2-7,10H,13H2,1H3,(H,16,17). The molecular weight excluding hydrogens is 250 g/mol. The molecule has 0 aliphatic carbocycles. The SMILES string of the molecule is CN(c1ccccc1)c1nc(C(N)C(=O)O)cs1. The predicted octanol–water partition coefficient (Wildman–Crippen LogP) is 2.00. The minimum absolute atomic E-state index is 0.380. The fourth-order valence-electron chi connectivity index (χ4n) is 1.46. The molecular formula is C12H13N3O2S. The smallest absolute Gasteiger partial charge is 0.326 e. The summed E-state index contributed by atoms with van der Waals surface area (Å²) in [5.41, 5.74) is 6.88. The van der Waals surface area contributed by atoms with Gasteiger partial charge in [-0.15, -0.1) is 11.3 Å². The Labute approximate surface area is 108 Å². The molecule has 0 fully saturated rings. The average Bonchev–Trinajstić information content (AvgIpc) is 2.87. The van der Waals surface area contributed by atoms with Gasteiger partial charge in [-0.05, 0) is 12.1 Å². The molecule has 0 bridgehead atoms. The Hall–Kier alpha value is -1.92. The summed E-state index contributed by atoms with van der Waals surface area (Å²) in [5, 5.41) is 11.2. The molecule has 1 unspecified atom stereocenters. The lowest BCUT2D eigenvalue weighted by Crippen LogP contribution is -2.21. The van der Waals surface area contributed by atoms with Crippen LogP contribution in [0.25, 0.3) is 0 Å². The van der Waals surface area contributed by atoms with Crippen LogP contribution in [0.5, 0.6) is 0 Å². The molecule has 94 valence electrons. The largest absolute Gasteiger partial charge is 0.480 e. The fraction of sp³-hybridized carbons (Fsp3) is 0.167. The Kier molecular flexibility index (Phi) is 3.59. The van der Waals surface area contributed by atoms with Crippen LogP contribution in [-0.4, -0.2) is 23.1 Å². The zero-order chi connectivity index (χ0) is 13.1. The number of nitrogens with zero attached hydrogens (tertiary/aromatic N) is 2. The van der Waals surface area contributed by atoms with Crippen LogP contribution in [0.4, 0.5) is 10.8 Å². The number of nitrogens with two attached hydrogens (primary N) is 1. The first-order valence-corrected chi connectivity index (χ1v) is 6.20. The molecule has 0 amide bonds. The molecule has 2 aromatic rings. The van der Waals surface area contributed by atoms with Gasteiger partial charge in [-0.1, -0.05) is 18.2 Å². The molecule has 5 nitrogen and oxygen atoms in total. The highest BCUT2D eigenvalue weighted by molar-refractivity contribution is 7.13. The van der Waals surface area contributed by atoms with Crippen molar-refractivity contribution in [3.8, 4) is 0 Å². The van der Waals surface area contributed by atoms with E-state index in [0.29, 0.717) is 10.8 Å². The average molecular weight is 263 g/mol. The maximum Gasteiger partial charge on any atom is 0.326 e. The van der Waals surface area contributed by atoms with Gasteiger partial charge < -0.3 is 15.7 Å². The molecule has 0 aliphatic rings. The molecule has 3 N–H and O–H groups in total. The van der Waals surface area contributed by atoms with Crippen molar-refractivity contribution >= 4 is 28.1 Å². The third kappa shape index (κ3) is 2.49. The number of carbonyl (C=O) groups is 1. The van der Waals surface area contributed by atoms with Gasteiger partial charge in [0.05, 0.1) is 5.69 Å². The Morgan fingerprint density at radius 1 is 1.44 bits per heavy atom. The number of benzene rings is 1. The van der Waals surface area contributed by atoms with Crippen LogP contribution in [0.1, 0.15) is 11.7 Å². The van der Waals surface area contributed by atoms with Crippen molar-refractivity contribution in [3.63, 3.8) is 0 Å². The van der Waals surface area contributed by atoms with Crippen molar-refractivity contribution in [3.05, 3.63) is 41.4 Å². The molecule has 0 radical (unpaired) electrons. The maximum absolute atomic E-state index is 10.8. The quantitative estimate of drug-likeness (QED) is 0.882. The Morgan fingerprint density at radius 2 is 2.11 bits per heavy atom. The first-order chi connectivity index (χ1) is 8.59. The lowest BCUT2D eigenvalue weighted by atomic mass is 10.2. The van der Waals surface area contributed by atoms with Crippen molar-refractivity contribution in [2.45, 2.75) is 6.04 Å². The number of thiazole rings is 1. The lowest BCUT2D eigenvalue weighted by molar-refractivity contribution is -0.138. The summed E-state index contributed by atoms with van der Waals surface area (Å²) in [6.45, 7) is 0. The van der Waals surface area contributed by atoms with Gasteiger partial charge in [-0.3, -0.25) is 4.79 Å². The topological polar surface area (TPSA) is 79.5 Å². The number of rotatable bonds is 4. The zero-order valence-corrected chi connectivity index (χ0v) is 10.6. The van der Waals surface area contributed by atoms with Gasteiger partial charge in [-0.25, -0.2) is 4.98 Å². The second-order valence-corrected chi connectivity index (χ2v) is 4.60. The number of anilines is 2. The molecule has 0 aliphatic heterocycles. The van der Waals surface area contributed by atoms with E-state index in [9.17, 15) is 4.79 Å². The van der Waals surface area contributed by atoms with E-state index < -0.39 is 12.0 Å². The number of hydrogen-bond donors (Lipinski definition) is 2. The third-order valence-electron chi connectivity index (χ3n) is 2.52. The molecule has 1 heterocycles. The molecule has 2 rings (SSSR count). The molecule has 1 atom stereocenters. The highest BCUT2D eigenvalue weighted by Crippen LogP contribution is 2.28. The van der Waals surface area contributed by atoms with Gasteiger partial charge in [0, 0.05) is 18.1 Å². The number of aliphatic carboxylic acids is 1. The highest BCUT2D eigenvalue weighted by atomic mass is 32.1. The van der Waals surface area contributed by atoms with Gasteiger partial charge in [-0.2, -0.15) is 0 Å². The third-order valence-corrected chi connectivity index (χ3v) is 3.46. The number of para-hydroxylation sites is 1. The summed E-state index contributed by atoms with van der Waals surface area (Å²) in [5.74, 6) is -1.07. The first kappa shape index (κ1) is 12.5. The van der Waals surface area contributed by atoms with Crippen LogP contribution in [0.2, 0.25) is 0 Å². The summed E-state index contributed by atoms with van der Waals surface area (Å²) >= 11 is 1.37. The van der Waals surface area contributed by atoms with Gasteiger partial charge in [0.15, 0.2) is 5.13 Å². The molecule has 1 aromatic heterocycles. The molecule has 0 saturated heterocycles. The molecule has 0 saturated carbocycles. The van der Waals surface area contributed by atoms with E-state index in [4.69, 9.17) is 10.8 Å². The maximum atomic E-state index is 10.8. The van der Waals surface area contributed by atoms with Gasteiger partial charge >= 0.3 is 5.97 Å². The lowest BCUT2D eigenvalue weighted by Gasteiger charge is -2.15. The molecule has 6 heteroatoms. The minimum atomic E-state index is -1.07. The fourth-order valence-corrected chi connectivity index (χ4v) is 2.31. The predicted molar refractivity (Wildman–Crippen MR) is 71.2 cm³/mol. The van der Waals surface area contributed by atoms with E-state index in [0.717, 1.165) is 5.69 Å². The van der Waals surface area contributed by atoms with E-state index in [1.807, 2.05) is 42.3 Å². The van der Waals surface area contributed by atoms with E-state index in [1.54, 1.807) is 5.38 Å². The number of aromatic nitrogens is 1. The molecule has 0 spiro atoms. The second-order valence-electron chi connectivity index (χ2n) is 3.77. The van der Waals surface area contributed by atoms with Crippen molar-refractivity contribution in [2.75, 3.05) is 11.9 Å². The molecule has 1 aromatic carbocycles. The Balaban J connectivity index is 2.23. The number of carboxylic acid groups (broad SMARTS) is 1. The van der Waals surface area contributed by atoms with Gasteiger partial charge in [0.25, 0.3) is 0 Å². The summed E-state index contributed by atoms with van der Waals surface area (Å²) < 4.78 is 0. The highest BCUT2D eigenvalue weighted by Gasteiger charge is 2.19. The number of hydrogen-bond acceptors (Lipinski definition) is 5. The number of carboxylic acids is 1. The zero-order valence-electron chi connectivity index (χ0n) is 9.78. The van der Waals surface area contributed by atoms with E-state index >= 15 is 0 Å². The van der Waals surface area contributed by atoms with Crippen LogP contribution >= 0.6 is 11.3 Å². The van der Waals surface area contributed by atoms with Crippen molar-refractivity contribution in [1.82, 2.24) is 4.98 Å². The molecule has 18 heavy (non-hydrogen) atoms. The second kappa shape index (κ2) is 5.16. The van der Waals surface area contributed by atoms with E-state index in [1.165, 1.54) is 11.3 Å². The first-order valence-electron chi connectivity index (χ1n) is 5.32. The Bertz CT molecular complexity index is 541. The van der Waals surface area contributed by atoms with E-state index in [-0.39, 0.29) is 0 Å². The normalized spacial score (nSPS) is 12.1. The summed E-state index contributed by atoms with van der Waals surface area (Å²) in [7, 11) is 1.88. The van der Waals surface area contributed by atoms with Crippen LogP contribution in [0, 0.1) is 0 Å². The summed E-state index contributed by atoms with van der Waals surface area (Å²) in [6.07, 6.45) is 0. The Morgan fingerprint density at radius 3 is 2.72 bits per heavy atom. The van der Waals surface area contributed by atoms with Crippen molar-refractivity contribution < 1.29 is 9.90 Å². The van der Waals surface area contributed by atoms with Crippen LogP contribution < -0.4 is 10.6 Å². The van der Waals surface area contributed by atoms with E-state index in [2.05, 4.69) is 4.98 Å². The summed E-state index contributed by atoms with van der Waals surface area (Å²) in [4.78, 5) is 16.9. The van der Waals surface area contributed by atoms with Crippen LogP contribution in [0.15, 0.2) is 35.7 Å². The van der Waals surface area contributed by atoms with Crippen molar-refractivity contribution in [2.24, 2.45) is 5.73 Å². The summed E-state index contributed by atoms with van der Waals surface area (Å²) in [6, 6.07) is 8.65. The van der Waals surface area contributed by atoms with Crippen LogP contribution in [-0.2, 0) is 4.79 Å². The van der Waals surface area contributed by atoms with Gasteiger partial charge in [0.2, 0.25) is 0 Å². The van der Waals surface area contributed by atoms with Crippen LogP contribution in [0.3, 0.4) is 0 Å². The van der Waals surface area contributed by atoms with Crippen molar-refractivity contribution in [1.29, 1.82) is 0 Å². The monoisotopic (exact) mass is 263 g/mol. The van der Waals surface area contributed by atoms with Gasteiger partial charge in [0.1, 0.15) is 6.04 Å². The minimum Gasteiger partial charge on any atom is -0.480 e.